The molecule has 24 heavy (non-hydrogen) atoms. The largest absolute Gasteiger partial charge is 0.490 e. The summed E-state index contributed by atoms with van der Waals surface area (Å²) in [5, 5.41) is 0. The van der Waals surface area contributed by atoms with E-state index in [0.29, 0.717) is 38.5 Å². The summed E-state index contributed by atoms with van der Waals surface area (Å²) in [6, 6.07) is 8.05. The van der Waals surface area contributed by atoms with Crippen molar-refractivity contribution in [1.29, 1.82) is 0 Å². The van der Waals surface area contributed by atoms with Gasteiger partial charge in [-0.3, -0.25) is 9.59 Å². The number of carbonyl (C=O) groups is 2. The van der Waals surface area contributed by atoms with Gasteiger partial charge in [-0.2, -0.15) is 0 Å². The molecular formula is C19H26N2O3. The number of amides is 2. The highest BCUT2D eigenvalue weighted by Crippen LogP contribution is 2.25. The van der Waals surface area contributed by atoms with Gasteiger partial charge in [-0.25, -0.2) is 0 Å². The lowest BCUT2D eigenvalue weighted by Crippen LogP contribution is -2.31. The number of nitrogens with two attached hydrogens (primary N) is 1. The summed E-state index contributed by atoms with van der Waals surface area (Å²) in [5.74, 6) is 0.516. The summed E-state index contributed by atoms with van der Waals surface area (Å²) in [5.41, 5.74) is 6.43. The van der Waals surface area contributed by atoms with E-state index in [1.807, 2.05) is 24.3 Å². The lowest BCUT2D eigenvalue weighted by Gasteiger charge is -2.16. The predicted molar refractivity (Wildman–Crippen MR) is 91.5 cm³/mol. The molecule has 5 heteroatoms. The SMILES string of the molecule is NC(=O)[C@H]1CCN(C(=O)CCc2cccc(OC3CCCC3)c2)C1. The zero-order chi connectivity index (χ0) is 16.9. The molecule has 3 rings (SSSR count). The average Bonchev–Trinajstić information content (AvgIpc) is 3.24. The van der Waals surface area contributed by atoms with E-state index in [9.17, 15) is 9.59 Å². The van der Waals surface area contributed by atoms with E-state index < -0.39 is 0 Å². The minimum Gasteiger partial charge on any atom is -0.490 e. The Morgan fingerprint density at radius 2 is 2.00 bits per heavy atom. The van der Waals surface area contributed by atoms with Crippen LogP contribution < -0.4 is 10.5 Å². The van der Waals surface area contributed by atoms with E-state index >= 15 is 0 Å². The first-order chi connectivity index (χ1) is 11.6. The highest BCUT2D eigenvalue weighted by atomic mass is 16.5. The zero-order valence-corrected chi connectivity index (χ0v) is 14.1. The lowest BCUT2D eigenvalue weighted by molar-refractivity contribution is -0.130. The molecule has 1 atom stereocenters. The summed E-state index contributed by atoms with van der Waals surface area (Å²) in [7, 11) is 0. The van der Waals surface area contributed by atoms with E-state index in [1.54, 1.807) is 4.90 Å². The van der Waals surface area contributed by atoms with Gasteiger partial charge in [0.05, 0.1) is 12.0 Å². The number of hydrogen-bond donors (Lipinski definition) is 1. The molecule has 0 aromatic heterocycles. The molecule has 0 bridgehead atoms. The van der Waals surface area contributed by atoms with Crippen LogP contribution in [0.25, 0.3) is 0 Å². The standard InChI is InChI=1S/C19H26N2O3/c20-19(23)15-10-11-21(13-15)18(22)9-8-14-4-3-7-17(12-14)24-16-5-1-2-6-16/h3-4,7,12,15-16H,1-2,5-6,8-11,13H2,(H2,20,23)/t15-/m0/s1. The summed E-state index contributed by atoms with van der Waals surface area (Å²) in [4.78, 5) is 25.3. The maximum atomic E-state index is 12.3. The molecule has 0 radical (unpaired) electrons. The van der Waals surface area contributed by atoms with Crippen LogP contribution >= 0.6 is 0 Å². The van der Waals surface area contributed by atoms with Crippen molar-refractivity contribution in [3.05, 3.63) is 29.8 Å². The average molecular weight is 330 g/mol. The molecule has 0 unspecified atom stereocenters. The highest BCUT2D eigenvalue weighted by molar-refractivity contribution is 5.81. The molecule has 0 spiro atoms. The Labute approximate surface area is 143 Å². The van der Waals surface area contributed by atoms with Gasteiger partial charge in [-0.15, -0.1) is 0 Å². The first-order valence-corrected chi connectivity index (χ1v) is 8.94. The minimum atomic E-state index is -0.304. The fraction of sp³-hybridized carbons (Fsp3) is 0.579. The van der Waals surface area contributed by atoms with Crippen molar-refractivity contribution >= 4 is 11.8 Å². The van der Waals surface area contributed by atoms with E-state index in [4.69, 9.17) is 10.5 Å². The Morgan fingerprint density at radius 1 is 1.21 bits per heavy atom. The number of benzene rings is 1. The maximum absolute atomic E-state index is 12.3. The molecule has 2 N–H and O–H groups in total. The summed E-state index contributed by atoms with van der Waals surface area (Å²) < 4.78 is 6.02. The molecule has 1 saturated heterocycles. The van der Waals surface area contributed by atoms with Gasteiger partial charge < -0.3 is 15.4 Å². The Hall–Kier alpha value is -2.04. The Balaban J connectivity index is 1.49. The zero-order valence-electron chi connectivity index (χ0n) is 14.1. The van der Waals surface area contributed by atoms with E-state index in [0.717, 1.165) is 24.2 Å². The lowest BCUT2D eigenvalue weighted by atomic mass is 10.1. The number of ether oxygens (including phenoxy) is 1. The van der Waals surface area contributed by atoms with E-state index in [-0.39, 0.29) is 17.7 Å². The van der Waals surface area contributed by atoms with Crippen molar-refractivity contribution in [2.24, 2.45) is 11.7 Å². The van der Waals surface area contributed by atoms with Gasteiger partial charge >= 0.3 is 0 Å². The molecule has 2 amide bonds. The first-order valence-electron chi connectivity index (χ1n) is 8.94. The number of primary amides is 1. The van der Waals surface area contributed by atoms with Crippen molar-refractivity contribution in [2.75, 3.05) is 13.1 Å². The molecule has 2 aliphatic rings. The van der Waals surface area contributed by atoms with Crippen molar-refractivity contribution < 1.29 is 14.3 Å². The molecule has 1 heterocycles. The molecular weight excluding hydrogens is 304 g/mol. The molecule has 1 aliphatic heterocycles. The van der Waals surface area contributed by atoms with E-state index in [2.05, 4.69) is 0 Å². The van der Waals surface area contributed by atoms with Crippen LogP contribution in [0.5, 0.6) is 5.75 Å². The maximum Gasteiger partial charge on any atom is 0.222 e. The quantitative estimate of drug-likeness (QED) is 0.869. The molecule has 2 fully saturated rings. The van der Waals surface area contributed by atoms with Gasteiger partial charge in [0.2, 0.25) is 11.8 Å². The summed E-state index contributed by atoms with van der Waals surface area (Å²) in [6.07, 6.45) is 6.96. The molecule has 1 aliphatic carbocycles. The smallest absolute Gasteiger partial charge is 0.222 e. The van der Waals surface area contributed by atoms with Crippen molar-refractivity contribution in [3.8, 4) is 5.75 Å². The number of aryl methyl sites for hydroxylation is 1. The number of likely N-dealkylation sites (tertiary alicyclic amines) is 1. The van der Waals surface area contributed by atoms with Crippen LogP contribution in [0.3, 0.4) is 0 Å². The van der Waals surface area contributed by atoms with Crippen LogP contribution in [0, 0.1) is 5.92 Å². The Bertz CT molecular complexity index is 596. The first kappa shape index (κ1) is 16.8. The second kappa shape index (κ2) is 7.69. The Morgan fingerprint density at radius 3 is 2.71 bits per heavy atom. The van der Waals surface area contributed by atoms with Gasteiger partial charge in [0.15, 0.2) is 0 Å². The summed E-state index contributed by atoms with van der Waals surface area (Å²) >= 11 is 0. The third-order valence-corrected chi connectivity index (χ3v) is 5.07. The predicted octanol–water partition coefficient (Wildman–Crippen LogP) is 2.27. The van der Waals surface area contributed by atoms with Crippen molar-refractivity contribution in [2.45, 2.75) is 51.0 Å². The second-order valence-corrected chi connectivity index (χ2v) is 6.90. The van der Waals surface area contributed by atoms with Crippen molar-refractivity contribution in [1.82, 2.24) is 4.90 Å². The van der Waals surface area contributed by atoms with Crippen LogP contribution in [0.2, 0.25) is 0 Å². The second-order valence-electron chi connectivity index (χ2n) is 6.90. The third kappa shape index (κ3) is 4.28. The molecule has 130 valence electrons. The van der Waals surface area contributed by atoms with E-state index in [1.165, 1.54) is 12.8 Å². The summed E-state index contributed by atoms with van der Waals surface area (Å²) in [6.45, 7) is 1.11. The monoisotopic (exact) mass is 330 g/mol. The van der Waals surface area contributed by atoms with Crippen molar-refractivity contribution in [3.63, 3.8) is 0 Å². The van der Waals surface area contributed by atoms with Crippen LogP contribution in [0.15, 0.2) is 24.3 Å². The molecule has 1 aromatic carbocycles. The fourth-order valence-corrected chi connectivity index (χ4v) is 3.60. The van der Waals surface area contributed by atoms with Gasteiger partial charge in [-0.05, 0) is 56.2 Å². The number of rotatable bonds is 6. The van der Waals surface area contributed by atoms with Gasteiger partial charge in [-0.1, -0.05) is 12.1 Å². The highest BCUT2D eigenvalue weighted by Gasteiger charge is 2.29. The number of carbonyl (C=O) groups excluding carboxylic acids is 2. The van der Waals surface area contributed by atoms with Crippen LogP contribution in [0.1, 0.15) is 44.1 Å². The third-order valence-electron chi connectivity index (χ3n) is 5.07. The van der Waals surface area contributed by atoms with Crippen LogP contribution in [0.4, 0.5) is 0 Å². The van der Waals surface area contributed by atoms with Crippen LogP contribution in [-0.4, -0.2) is 35.9 Å². The minimum absolute atomic E-state index is 0.0980. The molecule has 1 aromatic rings. The van der Waals surface area contributed by atoms with Crippen LogP contribution in [-0.2, 0) is 16.0 Å². The normalized spacial score (nSPS) is 21.2. The topological polar surface area (TPSA) is 72.6 Å². The van der Waals surface area contributed by atoms with Gasteiger partial charge in [0.1, 0.15) is 5.75 Å². The van der Waals surface area contributed by atoms with Gasteiger partial charge in [0, 0.05) is 19.5 Å². The van der Waals surface area contributed by atoms with Gasteiger partial charge in [0.25, 0.3) is 0 Å². The number of hydrogen-bond acceptors (Lipinski definition) is 3. The molecule has 1 saturated carbocycles. The number of nitrogens with zero attached hydrogens (tertiary/aromatic N) is 1. The molecule has 5 nitrogen and oxygen atoms in total. The Kier molecular flexibility index (Phi) is 5.38. The fourth-order valence-electron chi connectivity index (χ4n) is 3.60.